The Labute approximate surface area is 149 Å². The first-order chi connectivity index (χ1) is 12.2. The van der Waals surface area contributed by atoms with Gasteiger partial charge in [0.1, 0.15) is 5.82 Å². The number of hydrogen-bond acceptors (Lipinski definition) is 4. The number of ether oxygens (including phenoxy) is 1. The number of amides is 1. The normalized spacial score (nSPS) is 18.7. The summed E-state index contributed by atoms with van der Waals surface area (Å²) < 4.78 is 5.06. The Bertz CT molecular complexity index is 650. The lowest BCUT2D eigenvalue weighted by atomic mass is 9.86. The van der Waals surface area contributed by atoms with Crippen LogP contribution in [-0.4, -0.2) is 47.6 Å². The van der Waals surface area contributed by atoms with Gasteiger partial charge in [-0.05, 0) is 25.2 Å². The molecule has 6 heteroatoms. The number of rotatable bonds is 5. The van der Waals surface area contributed by atoms with Crippen LogP contribution < -0.4 is 5.56 Å². The summed E-state index contributed by atoms with van der Waals surface area (Å²) >= 11 is 0. The van der Waals surface area contributed by atoms with E-state index in [1.54, 1.807) is 7.11 Å². The summed E-state index contributed by atoms with van der Waals surface area (Å²) in [6.45, 7) is 1.83. The zero-order valence-electron chi connectivity index (χ0n) is 15.2. The molecule has 0 aromatic carbocycles. The van der Waals surface area contributed by atoms with E-state index in [4.69, 9.17) is 4.74 Å². The van der Waals surface area contributed by atoms with E-state index in [2.05, 4.69) is 9.97 Å². The van der Waals surface area contributed by atoms with Crippen LogP contribution in [0.15, 0.2) is 4.79 Å². The molecule has 1 aliphatic carbocycles. The van der Waals surface area contributed by atoms with Crippen molar-refractivity contribution in [3.8, 4) is 0 Å². The number of aromatic amines is 1. The summed E-state index contributed by atoms with van der Waals surface area (Å²) in [5.41, 5.74) is 1.54. The zero-order valence-corrected chi connectivity index (χ0v) is 15.2. The molecule has 0 bridgehead atoms. The largest absolute Gasteiger partial charge is 0.384 e. The van der Waals surface area contributed by atoms with E-state index < -0.39 is 0 Å². The van der Waals surface area contributed by atoms with Crippen LogP contribution in [0, 0.1) is 5.92 Å². The quantitative estimate of drug-likeness (QED) is 0.882. The van der Waals surface area contributed by atoms with Crippen molar-refractivity contribution < 1.29 is 9.53 Å². The standard InChI is InChI=1S/C19H29N3O3/c1-25-12-9-17-20-16-8-11-22(10-7-15(16)19(24)21-17)18(23)13-14-5-3-2-4-6-14/h14H,2-13H2,1H3,(H,20,21,24). The van der Waals surface area contributed by atoms with Crippen LogP contribution in [0.25, 0.3) is 0 Å². The lowest BCUT2D eigenvalue weighted by Crippen LogP contribution is -2.34. The van der Waals surface area contributed by atoms with E-state index in [-0.39, 0.29) is 11.5 Å². The van der Waals surface area contributed by atoms with Gasteiger partial charge >= 0.3 is 0 Å². The molecule has 2 aliphatic rings. The van der Waals surface area contributed by atoms with Crippen molar-refractivity contribution in [2.75, 3.05) is 26.8 Å². The Hall–Kier alpha value is -1.69. The molecule has 25 heavy (non-hydrogen) atoms. The molecule has 1 aromatic heterocycles. The molecule has 0 spiro atoms. The number of nitrogens with zero attached hydrogens (tertiary/aromatic N) is 2. The molecule has 1 saturated carbocycles. The number of carbonyl (C=O) groups excluding carboxylic acids is 1. The van der Waals surface area contributed by atoms with Gasteiger partial charge < -0.3 is 14.6 Å². The van der Waals surface area contributed by atoms with Gasteiger partial charge in [-0.3, -0.25) is 9.59 Å². The molecule has 0 radical (unpaired) electrons. The number of hydrogen-bond donors (Lipinski definition) is 1. The van der Waals surface area contributed by atoms with Crippen LogP contribution in [0.4, 0.5) is 0 Å². The first kappa shape index (κ1) is 18.1. The summed E-state index contributed by atoms with van der Waals surface area (Å²) in [4.78, 5) is 34.4. The third kappa shape index (κ3) is 4.69. The summed E-state index contributed by atoms with van der Waals surface area (Å²) in [5.74, 6) is 1.47. The molecule has 0 unspecified atom stereocenters. The third-order valence-corrected chi connectivity index (χ3v) is 5.48. The van der Waals surface area contributed by atoms with Crippen LogP contribution in [0.3, 0.4) is 0 Å². The summed E-state index contributed by atoms with van der Waals surface area (Å²) in [6.07, 6.45) is 8.72. The maximum atomic E-state index is 12.7. The van der Waals surface area contributed by atoms with E-state index in [1.165, 1.54) is 32.1 Å². The SMILES string of the molecule is COCCc1nc2c(c(=O)[nH]1)CCN(C(=O)CC1CCCCC1)CC2. The lowest BCUT2D eigenvalue weighted by molar-refractivity contribution is -0.132. The maximum Gasteiger partial charge on any atom is 0.254 e. The number of aromatic nitrogens is 2. The Balaban J connectivity index is 1.63. The van der Waals surface area contributed by atoms with Gasteiger partial charge in [-0.1, -0.05) is 19.3 Å². The minimum absolute atomic E-state index is 0.0577. The van der Waals surface area contributed by atoms with Gasteiger partial charge in [0.25, 0.3) is 5.56 Å². The molecule has 6 nitrogen and oxygen atoms in total. The fraction of sp³-hybridized carbons (Fsp3) is 0.737. The summed E-state index contributed by atoms with van der Waals surface area (Å²) in [7, 11) is 1.64. The van der Waals surface area contributed by atoms with Crippen LogP contribution >= 0.6 is 0 Å². The Morgan fingerprint density at radius 2 is 2.00 bits per heavy atom. The Morgan fingerprint density at radius 3 is 2.76 bits per heavy atom. The fourth-order valence-corrected chi connectivity index (χ4v) is 3.99. The maximum absolute atomic E-state index is 12.7. The highest BCUT2D eigenvalue weighted by molar-refractivity contribution is 5.76. The minimum Gasteiger partial charge on any atom is -0.384 e. The molecule has 1 amide bonds. The van der Waals surface area contributed by atoms with Gasteiger partial charge in [-0.15, -0.1) is 0 Å². The highest BCUT2D eigenvalue weighted by Gasteiger charge is 2.24. The second-order valence-corrected chi connectivity index (χ2v) is 7.27. The summed E-state index contributed by atoms with van der Waals surface area (Å²) in [6, 6.07) is 0. The van der Waals surface area contributed by atoms with Gasteiger partial charge in [-0.2, -0.15) is 0 Å². The number of carbonyl (C=O) groups is 1. The molecule has 1 aliphatic heterocycles. The average molecular weight is 347 g/mol. The van der Waals surface area contributed by atoms with Crippen molar-refractivity contribution in [1.82, 2.24) is 14.9 Å². The van der Waals surface area contributed by atoms with Gasteiger partial charge in [0.15, 0.2) is 0 Å². The van der Waals surface area contributed by atoms with Crippen LogP contribution in [0.5, 0.6) is 0 Å². The molecular formula is C19H29N3O3. The molecule has 1 aromatic rings. The number of nitrogens with one attached hydrogen (secondary N) is 1. The third-order valence-electron chi connectivity index (χ3n) is 5.48. The van der Waals surface area contributed by atoms with Crippen molar-refractivity contribution in [2.24, 2.45) is 5.92 Å². The first-order valence-corrected chi connectivity index (χ1v) is 9.55. The Kier molecular flexibility index (Phi) is 6.24. The highest BCUT2D eigenvalue weighted by Crippen LogP contribution is 2.27. The van der Waals surface area contributed by atoms with Gasteiger partial charge in [-0.25, -0.2) is 4.98 Å². The summed E-state index contributed by atoms with van der Waals surface area (Å²) in [5, 5.41) is 0. The van der Waals surface area contributed by atoms with Crippen molar-refractivity contribution in [3.63, 3.8) is 0 Å². The van der Waals surface area contributed by atoms with Crippen molar-refractivity contribution in [3.05, 3.63) is 27.4 Å². The molecule has 0 saturated heterocycles. The molecule has 2 heterocycles. The fourth-order valence-electron chi connectivity index (χ4n) is 3.99. The van der Waals surface area contributed by atoms with Crippen molar-refractivity contribution >= 4 is 5.91 Å². The molecule has 1 N–H and O–H groups in total. The number of fused-ring (bicyclic) bond motifs is 1. The first-order valence-electron chi connectivity index (χ1n) is 9.55. The number of methoxy groups -OCH3 is 1. The molecule has 1 fully saturated rings. The minimum atomic E-state index is -0.0577. The van der Waals surface area contributed by atoms with E-state index in [1.807, 2.05) is 4.90 Å². The predicted octanol–water partition coefficient (Wildman–Crippen LogP) is 1.86. The zero-order chi connectivity index (χ0) is 17.6. The van der Waals surface area contributed by atoms with Crippen molar-refractivity contribution in [1.29, 1.82) is 0 Å². The second-order valence-electron chi connectivity index (χ2n) is 7.27. The molecular weight excluding hydrogens is 318 g/mol. The van der Waals surface area contributed by atoms with Crippen LogP contribution in [0.2, 0.25) is 0 Å². The highest BCUT2D eigenvalue weighted by atomic mass is 16.5. The molecule has 3 rings (SSSR count). The van der Waals surface area contributed by atoms with Gasteiger partial charge in [0.2, 0.25) is 5.91 Å². The van der Waals surface area contributed by atoms with Crippen molar-refractivity contribution in [2.45, 2.75) is 57.8 Å². The topological polar surface area (TPSA) is 75.3 Å². The van der Waals surface area contributed by atoms with E-state index >= 15 is 0 Å². The van der Waals surface area contributed by atoms with Crippen LogP contribution in [0.1, 0.15) is 55.6 Å². The molecule has 138 valence electrons. The molecule has 0 atom stereocenters. The predicted molar refractivity (Wildman–Crippen MR) is 95.6 cm³/mol. The van der Waals surface area contributed by atoms with Gasteiger partial charge in [0, 0.05) is 45.0 Å². The Morgan fingerprint density at radius 1 is 1.24 bits per heavy atom. The average Bonchev–Trinajstić information content (AvgIpc) is 2.84. The van der Waals surface area contributed by atoms with Gasteiger partial charge in [0.05, 0.1) is 12.3 Å². The van der Waals surface area contributed by atoms with E-state index in [0.717, 1.165) is 11.3 Å². The number of H-pyrrole nitrogens is 1. The van der Waals surface area contributed by atoms with E-state index in [0.29, 0.717) is 57.1 Å². The van der Waals surface area contributed by atoms with Crippen LogP contribution in [-0.2, 0) is 28.8 Å². The smallest absolute Gasteiger partial charge is 0.254 e. The lowest BCUT2D eigenvalue weighted by Gasteiger charge is -2.25. The second kappa shape index (κ2) is 8.61. The van der Waals surface area contributed by atoms with E-state index in [9.17, 15) is 9.59 Å². The monoisotopic (exact) mass is 347 g/mol.